The van der Waals surface area contributed by atoms with Crippen molar-refractivity contribution in [3.05, 3.63) is 58.0 Å². The van der Waals surface area contributed by atoms with E-state index in [0.717, 1.165) is 9.78 Å². The molecule has 1 aliphatic heterocycles. The van der Waals surface area contributed by atoms with Gasteiger partial charge in [-0.3, -0.25) is 19.3 Å². The van der Waals surface area contributed by atoms with Crippen molar-refractivity contribution in [2.24, 2.45) is 0 Å². The Labute approximate surface area is 188 Å². The second-order valence-corrected chi connectivity index (χ2v) is 8.32. The molecule has 170 valence electrons. The van der Waals surface area contributed by atoms with Gasteiger partial charge in [-0.15, -0.1) is 11.3 Å². The van der Waals surface area contributed by atoms with Gasteiger partial charge in [0.25, 0.3) is 11.8 Å². The molecule has 1 saturated heterocycles. The van der Waals surface area contributed by atoms with Gasteiger partial charge in [0.2, 0.25) is 0 Å². The highest BCUT2D eigenvalue weighted by molar-refractivity contribution is 7.10. The number of benzene rings is 1. The lowest BCUT2D eigenvalue weighted by Gasteiger charge is -2.22. The molecule has 1 aromatic carbocycles. The zero-order valence-corrected chi connectivity index (χ0v) is 18.5. The Hall–Kier alpha value is -3.27. The molecule has 0 spiro atoms. The van der Waals surface area contributed by atoms with Gasteiger partial charge in [0.05, 0.1) is 6.04 Å². The molecule has 8 nitrogen and oxygen atoms in total. The molecule has 2 heterocycles. The predicted octanol–water partition coefficient (Wildman–Crippen LogP) is 2.75. The van der Waals surface area contributed by atoms with Gasteiger partial charge in [0, 0.05) is 4.88 Å². The number of amides is 4. The molecule has 3 rings (SSSR count). The minimum Gasteiger partial charge on any atom is -0.454 e. The first-order valence-corrected chi connectivity index (χ1v) is 11.1. The Morgan fingerprint density at radius 3 is 2.44 bits per heavy atom. The fraction of sp³-hybridized carbons (Fsp3) is 0.364. The van der Waals surface area contributed by atoms with Gasteiger partial charge in [-0.1, -0.05) is 32.0 Å². The molecule has 2 N–H and O–H groups in total. The van der Waals surface area contributed by atoms with Gasteiger partial charge >= 0.3 is 12.0 Å². The molecule has 1 unspecified atom stereocenters. The van der Waals surface area contributed by atoms with E-state index in [1.165, 1.54) is 23.5 Å². The van der Waals surface area contributed by atoms with Crippen LogP contribution < -0.4 is 10.6 Å². The molecular formula is C22H24FN3O5S. The maximum atomic E-state index is 13.3. The van der Waals surface area contributed by atoms with E-state index >= 15 is 0 Å². The Kier molecular flexibility index (Phi) is 7.24. The summed E-state index contributed by atoms with van der Waals surface area (Å²) in [5, 5.41) is 7.24. The van der Waals surface area contributed by atoms with Gasteiger partial charge in [-0.25, -0.2) is 9.18 Å². The lowest BCUT2D eigenvalue weighted by molar-refractivity contribution is -0.151. The summed E-state index contributed by atoms with van der Waals surface area (Å²) in [7, 11) is 0. The van der Waals surface area contributed by atoms with E-state index in [0.29, 0.717) is 18.4 Å². The molecule has 0 radical (unpaired) electrons. The number of halogens is 1. The Morgan fingerprint density at radius 1 is 1.19 bits per heavy atom. The average molecular weight is 462 g/mol. The third kappa shape index (κ3) is 4.96. The molecule has 10 heteroatoms. The summed E-state index contributed by atoms with van der Waals surface area (Å²) in [4.78, 5) is 50.9. The third-order valence-corrected chi connectivity index (χ3v) is 6.38. The Bertz CT molecular complexity index is 990. The van der Waals surface area contributed by atoms with Crippen molar-refractivity contribution >= 4 is 35.2 Å². The van der Waals surface area contributed by atoms with Crippen molar-refractivity contribution in [2.75, 3.05) is 13.2 Å². The van der Waals surface area contributed by atoms with E-state index in [1.807, 2.05) is 17.5 Å². The summed E-state index contributed by atoms with van der Waals surface area (Å²) in [6.07, 6.45) is 0.797. The van der Waals surface area contributed by atoms with E-state index in [-0.39, 0.29) is 0 Å². The van der Waals surface area contributed by atoms with E-state index < -0.39 is 54.4 Å². The van der Waals surface area contributed by atoms with Gasteiger partial charge in [0.1, 0.15) is 17.9 Å². The summed E-state index contributed by atoms with van der Waals surface area (Å²) < 4.78 is 18.3. The molecule has 0 aliphatic carbocycles. The van der Waals surface area contributed by atoms with Gasteiger partial charge in [-0.2, -0.15) is 0 Å². The van der Waals surface area contributed by atoms with Crippen LogP contribution in [0.15, 0.2) is 41.8 Å². The number of imide groups is 1. The van der Waals surface area contributed by atoms with Crippen LogP contribution in [0, 0.1) is 5.82 Å². The van der Waals surface area contributed by atoms with Crippen molar-refractivity contribution in [1.82, 2.24) is 15.5 Å². The van der Waals surface area contributed by atoms with Crippen molar-refractivity contribution in [1.29, 1.82) is 0 Å². The molecule has 2 aromatic rings. The predicted molar refractivity (Wildman–Crippen MR) is 115 cm³/mol. The SMILES string of the molecule is CCC1(CC)NC(=O)N(CC(=O)OCC(=O)NC(c2ccc(F)cc2)c2cccs2)C1=O. The lowest BCUT2D eigenvalue weighted by Crippen LogP contribution is -2.46. The number of rotatable bonds is 9. The van der Waals surface area contributed by atoms with Crippen molar-refractivity contribution in [3.8, 4) is 0 Å². The first-order chi connectivity index (χ1) is 15.3. The van der Waals surface area contributed by atoms with Gasteiger partial charge in [-0.05, 0) is 42.0 Å². The molecule has 32 heavy (non-hydrogen) atoms. The van der Waals surface area contributed by atoms with Gasteiger partial charge in [0.15, 0.2) is 6.61 Å². The van der Waals surface area contributed by atoms with Crippen LogP contribution in [0.25, 0.3) is 0 Å². The van der Waals surface area contributed by atoms with Crippen LogP contribution in [-0.4, -0.2) is 47.4 Å². The summed E-state index contributed by atoms with van der Waals surface area (Å²) in [6, 6.07) is 8.19. The summed E-state index contributed by atoms with van der Waals surface area (Å²) in [5.41, 5.74) is -0.346. The minimum absolute atomic E-state index is 0.394. The van der Waals surface area contributed by atoms with Gasteiger partial charge < -0.3 is 15.4 Å². The molecule has 4 amide bonds. The number of nitrogens with zero attached hydrogens (tertiary/aromatic N) is 1. The number of urea groups is 1. The number of nitrogens with one attached hydrogen (secondary N) is 2. The van der Waals surface area contributed by atoms with E-state index in [2.05, 4.69) is 10.6 Å². The maximum absolute atomic E-state index is 13.3. The fourth-order valence-electron chi connectivity index (χ4n) is 3.50. The normalized spacial score (nSPS) is 15.9. The second kappa shape index (κ2) is 9.90. The highest BCUT2D eigenvalue weighted by atomic mass is 32.1. The summed E-state index contributed by atoms with van der Waals surface area (Å²) in [6.45, 7) is 2.39. The average Bonchev–Trinajstić information content (AvgIpc) is 3.40. The minimum atomic E-state index is -1.02. The quantitative estimate of drug-likeness (QED) is 0.441. The number of thiophene rings is 1. The second-order valence-electron chi connectivity index (χ2n) is 7.34. The number of hydrogen-bond acceptors (Lipinski definition) is 6. The molecule has 1 aliphatic rings. The first kappa shape index (κ1) is 23.4. The maximum Gasteiger partial charge on any atom is 0.326 e. The number of hydrogen-bond donors (Lipinski definition) is 2. The third-order valence-electron chi connectivity index (χ3n) is 5.44. The number of carbonyl (C=O) groups excluding carboxylic acids is 4. The Balaban J connectivity index is 1.58. The van der Waals surface area contributed by atoms with E-state index in [1.54, 1.807) is 26.0 Å². The summed E-state index contributed by atoms with van der Waals surface area (Å²) in [5.74, 6) is -2.33. The topological polar surface area (TPSA) is 105 Å². The zero-order chi connectivity index (χ0) is 23.3. The van der Waals surface area contributed by atoms with Crippen LogP contribution in [0.2, 0.25) is 0 Å². The summed E-state index contributed by atoms with van der Waals surface area (Å²) >= 11 is 1.42. The largest absolute Gasteiger partial charge is 0.454 e. The van der Waals surface area contributed by atoms with Crippen LogP contribution in [0.3, 0.4) is 0 Å². The van der Waals surface area contributed by atoms with Crippen molar-refractivity contribution < 1.29 is 28.3 Å². The lowest BCUT2D eigenvalue weighted by atomic mass is 9.93. The fourth-order valence-corrected chi connectivity index (χ4v) is 4.30. The molecule has 1 atom stereocenters. The van der Waals surface area contributed by atoms with Crippen LogP contribution in [0.1, 0.15) is 43.2 Å². The molecule has 1 fully saturated rings. The van der Waals surface area contributed by atoms with Crippen LogP contribution in [0.4, 0.5) is 9.18 Å². The zero-order valence-electron chi connectivity index (χ0n) is 17.7. The van der Waals surface area contributed by atoms with Crippen LogP contribution in [-0.2, 0) is 19.1 Å². The smallest absolute Gasteiger partial charge is 0.326 e. The molecule has 1 aromatic heterocycles. The first-order valence-electron chi connectivity index (χ1n) is 10.2. The van der Waals surface area contributed by atoms with Crippen molar-refractivity contribution in [2.45, 2.75) is 38.3 Å². The monoisotopic (exact) mass is 461 g/mol. The van der Waals surface area contributed by atoms with E-state index in [9.17, 15) is 23.6 Å². The highest BCUT2D eigenvalue weighted by Gasteiger charge is 2.49. The molecule has 0 saturated carbocycles. The highest BCUT2D eigenvalue weighted by Crippen LogP contribution is 2.26. The molecule has 0 bridgehead atoms. The van der Waals surface area contributed by atoms with Crippen molar-refractivity contribution in [3.63, 3.8) is 0 Å². The van der Waals surface area contributed by atoms with E-state index in [4.69, 9.17) is 4.74 Å². The molecular weight excluding hydrogens is 437 g/mol. The number of ether oxygens (including phenoxy) is 1. The number of carbonyl (C=O) groups is 4. The number of esters is 1. The van der Waals surface area contributed by atoms with Crippen LogP contribution in [0.5, 0.6) is 0 Å². The standard InChI is InChI=1S/C22H24FN3O5S/c1-3-22(4-2)20(29)26(21(30)25-22)12-18(28)31-13-17(27)24-19(16-6-5-11-32-16)14-7-9-15(23)10-8-14/h5-11,19H,3-4,12-13H2,1-2H3,(H,24,27)(H,25,30). The Morgan fingerprint density at radius 2 is 1.88 bits per heavy atom. The van der Waals surface area contributed by atoms with Crippen LogP contribution >= 0.6 is 11.3 Å².